The molecule has 20 heavy (non-hydrogen) atoms. The van der Waals surface area contributed by atoms with Gasteiger partial charge in [-0.3, -0.25) is 4.90 Å². The molecule has 0 radical (unpaired) electrons. The van der Waals surface area contributed by atoms with Crippen molar-refractivity contribution in [2.75, 3.05) is 33.2 Å². The van der Waals surface area contributed by atoms with Gasteiger partial charge >= 0.3 is 0 Å². The molecule has 2 atom stereocenters. The Morgan fingerprint density at radius 3 is 2.55 bits per heavy atom. The zero-order valence-corrected chi connectivity index (χ0v) is 14.7. The van der Waals surface area contributed by atoms with E-state index in [1.165, 1.54) is 45.3 Å². The van der Waals surface area contributed by atoms with Crippen LogP contribution in [-0.2, 0) is 0 Å². The minimum Gasteiger partial charge on any atom is -0.311 e. The Morgan fingerprint density at radius 1 is 1.30 bits per heavy atom. The van der Waals surface area contributed by atoms with Gasteiger partial charge in [-0.2, -0.15) is 0 Å². The highest BCUT2D eigenvalue weighted by atomic mass is 15.2. The van der Waals surface area contributed by atoms with E-state index in [0.717, 1.165) is 12.6 Å². The molecule has 0 aromatic rings. The number of nitrogens with one attached hydrogen (secondary N) is 1. The monoisotopic (exact) mass is 283 g/mol. The van der Waals surface area contributed by atoms with Crippen molar-refractivity contribution in [2.45, 2.75) is 77.9 Å². The van der Waals surface area contributed by atoms with Gasteiger partial charge in [0.15, 0.2) is 0 Å². The zero-order chi connectivity index (χ0) is 15.2. The van der Waals surface area contributed by atoms with Crippen LogP contribution in [0.4, 0.5) is 0 Å². The molecule has 0 saturated carbocycles. The van der Waals surface area contributed by atoms with Crippen molar-refractivity contribution in [3.63, 3.8) is 0 Å². The lowest BCUT2D eigenvalue weighted by atomic mass is 10.1. The van der Waals surface area contributed by atoms with Crippen LogP contribution in [0.1, 0.15) is 60.3 Å². The molecule has 1 N–H and O–H groups in total. The molecule has 0 aromatic heterocycles. The lowest BCUT2D eigenvalue weighted by Crippen LogP contribution is -2.49. The number of hydrogen-bond donors (Lipinski definition) is 1. The fourth-order valence-corrected chi connectivity index (χ4v) is 3.24. The molecule has 1 saturated heterocycles. The van der Waals surface area contributed by atoms with E-state index in [4.69, 9.17) is 0 Å². The largest absolute Gasteiger partial charge is 0.311 e. The molecule has 3 nitrogen and oxygen atoms in total. The van der Waals surface area contributed by atoms with Crippen molar-refractivity contribution in [1.29, 1.82) is 0 Å². The summed E-state index contributed by atoms with van der Waals surface area (Å²) in [6, 6.07) is 1.44. The molecule has 120 valence electrons. The standard InChI is InChI=1S/C17H37N3/c1-7-10-15(13-18-17(3,4)5)19(6)14-16-11-9-12-20(16)8-2/h15-16,18H,7-14H2,1-6H3. The van der Waals surface area contributed by atoms with Gasteiger partial charge in [0.1, 0.15) is 0 Å². The molecule has 3 heteroatoms. The summed E-state index contributed by atoms with van der Waals surface area (Å²) in [4.78, 5) is 5.25. The van der Waals surface area contributed by atoms with E-state index in [9.17, 15) is 0 Å². The first kappa shape index (κ1) is 17.9. The normalized spacial score (nSPS) is 22.6. The molecule has 0 aliphatic carbocycles. The van der Waals surface area contributed by atoms with Crippen molar-refractivity contribution in [3.8, 4) is 0 Å². The summed E-state index contributed by atoms with van der Waals surface area (Å²) < 4.78 is 0. The lowest BCUT2D eigenvalue weighted by Gasteiger charge is -2.35. The van der Waals surface area contributed by atoms with Crippen LogP contribution in [0.5, 0.6) is 0 Å². The Morgan fingerprint density at radius 2 is 2.00 bits per heavy atom. The number of hydrogen-bond acceptors (Lipinski definition) is 3. The summed E-state index contributed by atoms with van der Waals surface area (Å²) in [6.07, 6.45) is 5.32. The Kier molecular flexibility index (Phi) is 7.49. The van der Waals surface area contributed by atoms with Crippen LogP contribution in [0.25, 0.3) is 0 Å². The van der Waals surface area contributed by atoms with Gasteiger partial charge in [-0.1, -0.05) is 20.3 Å². The number of likely N-dealkylation sites (N-methyl/N-ethyl adjacent to an activating group) is 2. The first-order chi connectivity index (χ1) is 9.37. The molecule has 0 spiro atoms. The second kappa shape index (κ2) is 8.35. The van der Waals surface area contributed by atoms with E-state index in [1.54, 1.807) is 0 Å². The van der Waals surface area contributed by atoms with Gasteiger partial charge in [-0.15, -0.1) is 0 Å². The van der Waals surface area contributed by atoms with Crippen molar-refractivity contribution >= 4 is 0 Å². The first-order valence-corrected chi connectivity index (χ1v) is 8.56. The smallest absolute Gasteiger partial charge is 0.0223 e. The second-order valence-corrected chi connectivity index (χ2v) is 7.44. The van der Waals surface area contributed by atoms with E-state index in [2.05, 4.69) is 56.8 Å². The van der Waals surface area contributed by atoms with E-state index in [0.29, 0.717) is 6.04 Å². The highest BCUT2D eigenvalue weighted by molar-refractivity contribution is 4.84. The molecule has 0 amide bonds. The van der Waals surface area contributed by atoms with Crippen LogP contribution in [0, 0.1) is 0 Å². The van der Waals surface area contributed by atoms with Gasteiger partial charge in [-0.05, 0) is 60.2 Å². The maximum atomic E-state index is 3.68. The molecule has 1 aliphatic heterocycles. The molecular formula is C17H37N3. The molecule has 1 fully saturated rings. The maximum Gasteiger partial charge on any atom is 0.0223 e. The van der Waals surface area contributed by atoms with E-state index in [1.807, 2.05) is 0 Å². The van der Waals surface area contributed by atoms with E-state index in [-0.39, 0.29) is 5.54 Å². The van der Waals surface area contributed by atoms with E-state index < -0.39 is 0 Å². The molecular weight excluding hydrogens is 246 g/mol. The van der Waals surface area contributed by atoms with Crippen LogP contribution in [0.2, 0.25) is 0 Å². The maximum absolute atomic E-state index is 3.68. The summed E-state index contributed by atoms with van der Waals surface area (Å²) in [6.45, 7) is 16.2. The molecule has 1 rings (SSSR count). The minimum atomic E-state index is 0.218. The molecule has 0 aromatic carbocycles. The third-order valence-corrected chi connectivity index (χ3v) is 4.52. The summed E-state index contributed by atoms with van der Waals surface area (Å²) >= 11 is 0. The quantitative estimate of drug-likeness (QED) is 0.739. The number of nitrogens with zero attached hydrogens (tertiary/aromatic N) is 2. The van der Waals surface area contributed by atoms with Crippen molar-refractivity contribution < 1.29 is 0 Å². The number of likely N-dealkylation sites (tertiary alicyclic amines) is 1. The molecule has 0 bridgehead atoms. The molecule has 2 unspecified atom stereocenters. The second-order valence-electron chi connectivity index (χ2n) is 7.44. The summed E-state index contributed by atoms with van der Waals surface area (Å²) in [5.41, 5.74) is 0.218. The average Bonchev–Trinajstić information content (AvgIpc) is 2.80. The fraction of sp³-hybridized carbons (Fsp3) is 1.00. The Balaban J connectivity index is 2.48. The van der Waals surface area contributed by atoms with Crippen LogP contribution >= 0.6 is 0 Å². The molecule has 1 heterocycles. The fourth-order valence-electron chi connectivity index (χ4n) is 3.24. The van der Waals surface area contributed by atoms with Crippen LogP contribution < -0.4 is 5.32 Å². The van der Waals surface area contributed by atoms with Crippen LogP contribution in [0.15, 0.2) is 0 Å². The Bertz CT molecular complexity index is 259. The SMILES string of the molecule is CCCC(CNC(C)(C)C)N(C)CC1CCCN1CC. The highest BCUT2D eigenvalue weighted by Crippen LogP contribution is 2.19. The van der Waals surface area contributed by atoms with E-state index >= 15 is 0 Å². The van der Waals surface area contributed by atoms with Crippen LogP contribution in [0.3, 0.4) is 0 Å². The average molecular weight is 284 g/mol. The number of rotatable bonds is 8. The topological polar surface area (TPSA) is 18.5 Å². The zero-order valence-electron chi connectivity index (χ0n) is 14.7. The van der Waals surface area contributed by atoms with Gasteiger partial charge in [-0.25, -0.2) is 0 Å². The predicted molar refractivity (Wildman–Crippen MR) is 89.4 cm³/mol. The van der Waals surface area contributed by atoms with Crippen molar-refractivity contribution in [1.82, 2.24) is 15.1 Å². The Labute approximate surface area is 127 Å². The lowest BCUT2D eigenvalue weighted by molar-refractivity contribution is 0.150. The Hall–Kier alpha value is -0.120. The predicted octanol–water partition coefficient (Wildman–Crippen LogP) is 2.96. The third-order valence-electron chi connectivity index (χ3n) is 4.52. The third kappa shape index (κ3) is 6.11. The molecule has 1 aliphatic rings. The van der Waals surface area contributed by atoms with Gasteiger partial charge in [0, 0.05) is 30.7 Å². The van der Waals surface area contributed by atoms with Crippen LogP contribution in [-0.4, -0.2) is 60.6 Å². The summed E-state index contributed by atoms with van der Waals surface area (Å²) in [5.74, 6) is 0. The van der Waals surface area contributed by atoms with Crippen molar-refractivity contribution in [3.05, 3.63) is 0 Å². The van der Waals surface area contributed by atoms with Gasteiger partial charge in [0.25, 0.3) is 0 Å². The van der Waals surface area contributed by atoms with Gasteiger partial charge in [0.2, 0.25) is 0 Å². The van der Waals surface area contributed by atoms with Gasteiger partial charge in [0.05, 0.1) is 0 Å². The summed E-state index contributed by atoms with van der Waals surface area (Å²) in [7, 11) is 2.32. The minimum absolute atomic E-state index is 0.218. The summed E-state index contributed by atoms with van der Waals surface area (Å²) in [5, 5.41) is 3.68. The highest BCUT2D eigenvalue weighted by Gasteiger charge is 2.26. The van der Waals surface area contributed by atoms with Crippen molar-refractivity contribution in [2.24, 2.45) is 0 Å². The first-order valence-electron chi connectivity index (χ1n) is 8.56. The van der Waals surface area contributed by atoms with Gasteiger partial charge < -0.3 is 10.2 Å².